The zero-order valence-electron chi connectivity index (χ0n) is 14.6. The predicted molar refractivity (Wildman–Crippen MR) is 100 cm³/mol. The third-order valence-corrected chi connectivity index (χ3v) is 4.97. The van der Waals surface area contributed by atoms with Crippen LogP contribution < -0.4 is 0 Å². The zero-order valence-corrected chi connectivity index (χ0v) is 14.6. The Kier molecular flexibility index (Phi) is 6.88. The average Bonchev–Trinajstić information content (AvgIpc) is 2.67. The zero-order chi connectivity index (χ0) is 16.5. The fourth-order valence-electron chi connectivity index (χ4n) is 3.58. The molecule has 1 saturated heterocycles. The molecule has 1 aliphatic rings. The van der Waals surface area contributed by atoms with Gasteiger partial charge in [0, 0.05) is 19.0 Å². The summed E-state index contributed by atoms with van der Waals surface area (Å²) in [6, 6.07) is 21.9. The largest absolute Gasteiger partial charge is 0.379 e. The molecule has 2 nitrogen and oxygen atoms in total. The minimum atomic E-state index is 0.524. The second-order valence-corrected chi connectivity index (χ2v) is 6.68. The molecule has 0 spiro atoms. The number of hydrogen-bond acceptors (Lipinski definition) is 2. The van der Waals surface area contributed by atoms with E-state index in [4.69, 9.17) is 4.74 Å². The van der Waals surface area contributed by atoms with E-state index in [-0.39, 0.29) is 0 Å². The number of hydrogen-bond donors (Lipinski definition) is 0. The first kappa shape index (κ1) is 17.2. The lowest BCUT2D eigenvalue weighted by Crippen LogP contribution is -2.36. The van der Waals surface area contributed by atoms with E-state index < -0.39 is 0 Å². The van der Waals surface area contributed by atoms with Gasteiger partial charge in [0.25, 0.3) is 0 Å². The number of rotatable bonds is 8. The fraction of sp³-hybridized carbons (Fsp3) is 0.455. The quantitative estimate of drug-likeness (QED) is 0.652. The van der Waals surface area contributed by atoms with Gasteiger partial charge in [-0.15, -0.1) is 0 Å². The van der Waals surface area contributed by atoms with Crippen LogP contribution in [0.1, 0.15) is 42.7 Å². The highest BCUT2D eigenvalue weighted by Crippen LogP contribution is 2.29. The van der Waals surface area contributed by atoms with Gasteiger partial charge in [0.05, 0.1) is 13.2 Å². The van der Waals surface area contributed by atoms with Crippen molar-refractivity contribution in [1.82, 2.24) is 4.90 Å². The molecule has 3 rings (SSSR count). The van der Waals surface area contributed by atoms with Crippen LogP contribution in [0.3, 0.4) is 0 Å². The molecule has 0 saturated carbocycles. The number of nitrogens with zero attached hydrogens (tertiary/aromatic N) is 1. The van der Waals surface area contributed by atoms with E-state index in [0.29, 0.717) is 5.92 Å². The van der Waals surface area contributed by atoms with Crippen LogP contribution in [0.5, 0.6) is 0 Å². The predicted octanol–water partition coefficient (Wildman–Crippen LogP) is 4.71. The van der Waals surface area contributed by atoms with Crippen LogP contribution in [-0.4, -0.2) is 37.7 Å². The van der Waals surface area contributed by atoms with Gasteiger partial charge >= 0.3 is 0 Å². The molecule has 0 aliphatic carbocycles. The van der Waals surface area contributed by atoms with Crippen molar-refractivity contribution in [2.45, 2.75) is 31.6 Å². The molecule has 0 aromatic heterocycles. The number of unbranched alkanes of at least 4 members (excludes halogenated alkanes) is 2. The SMILES string of the molecule is c1ccc(C(CCCCCN2CCOCC2)c2ccccc2)cc1. The summed E-state index contributed by atoms with van der Waals surface area (Å²) in [6.07, 6.45) is 5.14. The topological polar surface area (TPSA) is 12.5 Å². The Morgan fingerprint density at radius 3 is 1.92 bits per heavy atom. The molecule has 0 amide bonds. The first-order valence-electron chi connectivity index (χ1n) is 9.33. The van der Waals surface area contributed by atoms with Crippen molar-refractivity contribution < 1.29 is 4.74 Å². The summed E-state index contributed by atoms with van der Waals surface area (Å²) in [5.74, 6) is 0.524. The first-order valence-corrected chi connectivity index (χ1v) is 9.33. The lowest BCUT2D eigenvalue weighted by molar-refractivity contribution is 0.0371. The second-order valence-electron chi connectivity index (χ2n) is 6.68. The van der Waals surface area contributed by atoms with Crippen molar-refractivity contribution >= 4 is 0 Å². The molecule has 2 aromatic rings. The van der Waals surface area contributed by atoms with Gasteiger partial charge in [0.1, 0.15) is 0 Å². The highest BCUT2D eigenvalue weighted by atomic mass is 16.5. The Morgan fingerprint density at radius 2 is 1.33 bits per heavy atom. The minimum absolute atomic E-state index is 0.524. The van der Waals surface area contributed by atoms with Crippen LogP contribution in [0.2, 0.25) is 0 Å². The van der Waals surface area contributed by atoms with E-state index in [1.165, 1.54) is 43.4 Å². The number of morpholine rings is 1. The maximum Gasteiger partial charge on any atom is 0.0594 e. The Balaban J connectivity index is 1.49. The molecule has 0 atom stereocenters. The number of benzene rings is 2. The molecule has 0 unspecified atom stereocenters. The molecular weight excluding hydrogens is 294 g/mol. The van der Waals surface area contributed by atoms with Crippen molar-refractivity contribution in [2.24, 2.45) is 0 Å². The van der Waals surface area contributed by atoms with E-state index in [2.05, 4.69) is 65.6 Å². The molecule has 0 N–H and O–H groups in total. The van der Waals surface area contributed by atoms with Crippen LogP contribution in [0, 0.1) is 0 Å². The smallest absolute Gasteiger partial charge is 0.0594 e. The molecule has 1 heterocycles. The molecule has 1 fully saturated rings. The van der Waals surface area contributed by atoms with E-state index in [0.717, 1.165) is 26.3 Å². The van der Waals surface area contributed by atoms with Gasteiger partial charge in [-0.1, -0.05) is 73.5 Å². The standard InChI is InChI=1S/C22H29NO/c1-4-10-20(11-5-1)22(21-12-6-2-7-13-21)14-8-3-9-15-23-16-18-24-19-17-23/h1-2,4-7,10-13,22H,3,8-9,14-19H2. The summed E-state index contributed by atoms with van der Waals surface area (Å²) in [5, 5.41) is 0. The van der Waals surface area contributed by atoms with Crippen molar-refractivity contribution in [3.05, 3.63) is 71.8 Å². The lowest BCUT2D eigenvalue weighted by atomic mass is 9.87. The summed E-state index contributed by atoms with van der Waals surface area (Å²) in [7, 11) is 0. The Labute approximate surface area is 146 Å². The van der Waals surface area contributed by atoms with E-state index in [1.54, 1.807) is 0 Å². The highest BCUT2D eigenvalue weighted by Gasteiger charge is 2.14. The summed E-state index contributed by atoms with van der Waals surface area (Å²) in [4.78, 5) is 2.54. The van der Waals surface area contributed by atoms with Gasteiger partial charge in [0.2, 0.25) is 0 Å². The van der Waals surface area contributed by atoms with Crippen LogP contribution >= 0.6 is 0 Å². The third kappa shape index (κ3) is 5.19. The normalized spacial score (nSPS) is 15.7. The van der Waals surface area contributed by atoms with Crippen molar-refractivity contribution in [1.29, 1.82) is 0 Å². The molecule has 1 aliphatic heterocycles. The third-order valence-electron chi connectivity index (χ3n) is 4.97. The summed E-state index contributed by atoms with van der Waals surface area (Å²) in [6.45, 7) is 5.26. The maximum absolute atomic E-state index is 5.41. The fourth-order valence-corrected chi connectivity index (χ4v) is 3.58. The van der Waals surface area contributed by atoms with Gasteiger partial charge in [-0.25, -0.2) is 0 Å². The van der Waals surface area contributed by atoms with Gasteiger partial charge < -0.3 is 4.74 Å². The summed E-state index contributed by atoms with van der Waals surface area (Å²) >= 11 is 0. The highest BCUT2D eigenvalue weighted by molar-refractivity contribution is 5.32. The van der Waals surface area contributed by atoms with Gasteiger partial charge in [-0.2, -0.15) is 0 Å². The molecule has 2 heteroatoms. The Hall–Kier alpha value is -1.64. The van der Waals surface area contributed by atoms with Crippen LogP contribution in [0.25, 0.3) is 0 Å². The van der Waals surface area contributed by atoms with E-state index in [1.807, 2.05) is 0 Å². The van der Waals surface area contributed by atoms with Crippen LogP contribution in [-0.2, 0) is 4.74 Å². The van der Waals surface area contributed by atoms with Crippen LogP contribution in [0.4, 0.5) is 0 Å². The molecule has 2 aromatic carbocycles. The maximum atomic E-state index is 5.41. The Morgan fingerprint density at radius 1 is 0.750 bits per heavy atom. The summed E-state index contributed by atoms with van der Waals surface area (Å²) < 4.78 is 5.41. The summed E-state index contributed by atoms with van der Waals surface area (Å²) in [5.41, 5.74) is 2.88. The van der Waals surface area contributed by atoms with Crippen molar-refractivity contribution in [2.75, 3.05) is 32.8 Å². The first-order chi connectivity index (χ1) is 11.9. The lowest BCUT2D eigenvalue weighted by Gasteiger charge is -2.26. The monoisotopic (exact) mass is 323 g/mol. The second kappa shape index (κ2) is 9.61. The Bertz CT molecular complexity index is 524. The minimum Gasteiger partial charge on any atom is -0.379 e. The van der Waals surface area contributed by atoms with Gasteiger partial charge in [-0.3, -0.25) is 4.90 Å². The number of ether oxygens (including phenoxy) is 1. The van der Waals surface area contributed by atoms with Gasteiger partial charge in [-0.05, 0) is 30.5 Å². The molecule has 128 valence electrons. The average molecular weight is 323 g/mol. The molecule has 0 bridgehead atoms. The molecular formula is C22H29NO. The van der Waals surface area contributed by atoms with Crippen molar-refractivity contribution in [3.8, 4) is 0 Å². The van der Waals surface area contributed by atoms with Crippen LogP contribution in [0.15, 0.2) is 60.7 Å². The van der Waals surface area contributed by atoms with Crippen molar-refractivity contribution in [3.63, 3.8) is 0 Å². The van der Waals surface area contributed by atoms with E-state index in [9.17, 15) is 0 Å². The van der Waals surface area contributed by atoms with E-state index >= 15 is 0 Å². The van der Waals surface area contributed by atoms with Gasteiger partial charge in [0.15, 0.2) is 0 Å². The molecule has 0 radical (unpaired) electrons. The molecule has 24 heavy (non-hydrogen) atoms.